The number of benzene rings is 2. The number of nitrogens with one attached hydrogen (secondary N) is 1. The van der Waals surface area contributed by atoms with Crippen LogP contribution in [0.4, 0.5) is 10.1 Å². The monoisotopic (exact) mass is 349 g/mol. The molecule has 1 atom stereocenters. The Morgan fingerprint density at radius 1 is 1.33 bits per heavy atom. The van der Waals surface area contributed by atoms with Crippen LogP contribution in [0.1, 0.15) is 23.2 Å². The van der Waals surface area contributed by atoms with E-state index in [4.69, 9.17) is 21.1 Å². The first-order valence-corrected chi connectivity index (χ1v) is 8.11. The maximum absolute atomic E-state index is 13.8. The second-order valence-corrected chi connectivity index (χ2v) is 5.96. The van der Waals surface area contributed by atoms with Gasteiger partial charge in [-0.05, 0) is 43.2 Å². The molecule has 1 N–H and O–H groups in total. The van der Waals surface area contributed by atoms with Crippen molar-refractivity contribution in [1.29, 1.82) is 0 Å². The van der Waals surface area contributed by atoms with E-state index in [1.54, 1.807) is 24.3 Å². The molecule has 1 fully saturated rings. The zero-order valence-electron chi connectivity index (χ0n) is 12.9. The topological polar surface area (TPSA) is 47.6 Å². The number of hydrogen-bond donors (Lipinski definition) is 1. The van der Waals surface area contributed by atoms with E-state index in [0.29, 0.717) is 17.9 Å². The molecule has 1 amide bonds. The summed E-state index contributed by atoms with van der Waals surface area (Å²) in [5.41, 5.74) is 0.406. The van der Waals surface area contributed by atoms with Gasteiger partial charge in [0.25, 0.3) is 5.91 Å². The quantitative estimate of drug-likeness (QED) is 0.876. The molecule has 1 aliphatic heterocycles. The van der Waals surface area contributed by atoms with Crippen LogP contribution in [0, 0.1) is 5.82 Å². The Morgan fingerprint density at radius 3 is 2.92 bits per heavy atom. The maximum Gasteiger partial charge on any atom is 0.259 e. The van der Waals surface area contributed by atoms with E-state index in [-0.39, 0.29) is 16.8 Å². The third kappa shape index (κ3) is 4.04. The minimum atomic E-state index is -0.589. The van der Waals surface area contributed by atoms with Gasteiger partial charge in [0.2, 0.25) is 0 Å². The molecule has 1 aliphatic rings. The largest absolute Gasteiger partial charge is 0.490 e. The normalized spacial score (nSPS) is 16.8. The Labute approximate surface area is 144 Å². The van der Waals surface area contributed by atoms with Crippen LogP contribution in [0.5, 0.6) is 5.75 Å². The molecule has 0 aliphatic carbocycles. The molecule has 1 saturated heterocycles. The molecule has 2 aromatic carbocycles. The molecular weight excluding hydrogens is 333 g/mol. The third-order valence-electron chi connectivity index (χ3n) is 3.76. The summed E-state index contributed by atoms with van der Waals surface area (Å²) in [6, 6.07) is 10.9. The molecule has 6 heteroatoms. The second kappa shape index (κ2) is 7.64. The Balaban J connectivity index is 1.72. The molecule has 0 bridgehead atoms. The van der Waals surface area contributed by atoms with E-state index < -0.39 is 11.7 Å². The first kappa shape index (κ1) is 16.7. The van der Waals surface area contributed by atoms with E-state index in [1.165, 1.54) is 12.1 Å². The highest BCUT2D eigenvalue weighted by molar-refractivity contribution is 6.30. The Kier molecular flexibility index (Phi) is 5.33. The summed E-state index contributed by atoms with van der Waals surface area (Å²) < 4.78 is 25.1. The van der Waals surface area contributed by atoms with Crippen LogP contribution in [0.15, 0.2) is 42.5 Å². The number of carbonyl (C=O) groups is 1. The number of ether oxygens (including phenoxy) is 2. The van der Waals surface area contributed by atoms with Gasteiger partial charge in [0.05, 0.1) is 17.4 Å². The van der Waals surface area contributed by atoms with E-state index in [2.05, 4.69) is 5.32 Å². The van der Waals surface area contributed by atoms with Gasteiger partial charge in [0.1, 0.15) is 18.2 Å². The maximum atomic E-state index is 13.8. The van der Waals surface area contributed by atoms with Crippen LogP contribution in [-0.4, -0.2) is 25.2 Å². The second-order valence-electron chi connectivity index (χ2n) is 5.52. The lowest BCUT2D eigenvalue weighted by atomic mass is 10.1. The predicted molar refractivity (Wildman–Crippen MR) is 90.3 cm³/mol. The molecule has 2 aromatic rings. The highest BCUT2D eigenvalue weighted by Gasteiger charge is 2.19. The van der Waals surface area contributed by atoms with Crippen molar-refractivity contribution in [2.45, 2.75) is 18.9 Å². The van der Waals surface area contributed by atoms with Crippen molar-refractivity contribution >= 4 is 23.2 Å². The van der Waals surface area contributed by atoms with Crippen LogP contribution in [0.3, 0.4) is 0 Å². The van der Waals surface area contributed by atoms with Crippen molar-refractivity contribution in [2.24, 2.45) is 0 Å². The molecule has 0 spiro atoms. The third-order valence-corrected chi connectivity index (χ3v) is 3.99. The zero-order chi connectivity index (χ0) is 16.9. The SMILES string of the molecule is O=C(Nc1ccc(Cl)cc1F)c1ccccc1OC[C@@H]1CCCO1. The van der Waals surface area contributed by atoms with Crippen molar-refractivity contribution in [3.8, 4) is 5.75 Å². The average Bonchev–Trinajstić information content (AvgIpc) is 3.09. The van der Waals surface area contributed by atoms with Gasteiger partial charge in [-0.2, -0.15) is 0 Å². The minimum absolute atomic E-state index is 0.0508. The van der Waals surface area contributed by atoms with Gasteiger partial charge in [-0.3, -0.25) is 4.79 Å². The molecule has 126 valence electrons. The molecule has 24 heavy (non-hydrogen) atoms. The summed E-state index contributed by atoms with van der Waals surface area (Å²) >= 11 is 5.71. The highest BCUT2D eigenvalue weighted by Crippen LogP contribution is 2.23. The van der Waals surface area contributed by atoms with Gasteiger partial charge >= 0.3 is 0 Å². The fourth-order valence-corrected chi connectivity index (χ4v) is 2.68. The number of rotatable bonds is 5. The molecule has 1 heterocycles. The van der Waals surface area contributed by atoms with E-state index in [0.717, 1.165) is 25.5 Å². The number of para-hydroxylation sites is 1. The number of amides is 1. The Bertz CT molecular complexity index is 732. The molecule has 0 unspecified atom stereocenters. The first-order valence-electron chi connectivity index (χ1n) is 7.73. The van der Waals surface area contributed by atoms with Gasteiger partial charge in [0.15, 0.2) is 0 Å². The summed E-state index contributed by atoms with van der Waals surface area (Å²) in [4.78, 5) is 12.4. The minimum Gasteiger partial charge on any atom is -0.490 e. The van der Waals surface area contributed by atoms with Crippen LogP contribution in [0.2, 0.25) is 5.02 Å². The molecule has 3 rings (SSSR count). The summed E-state index contributed by atoms with van der Waals surface area (Å²) in [7, 11) is 0. The Hall–Kier alpha value is -2.11. The molecule has 0 saturated carbocycles. The highest BCUT2D eigenvalue weighted by atomic mass is 35.5. The van der Waals surface area contributed by atoms with E-state index in [9.17, 15) is 9.18 Å². The van der Waals surface area contributed by atoms with Crippen LogP contribution < -0.4 is 10.1 Å². The number of anilines is 1. The number of carbonyl (C=O) groups excluding carboxylic acids is 1. The van der Waals surface area contributed by atoms with Crippen molar-refractivity contribution in [1.82, 2.24) is 0 Å². The predicted octanol–water partition coefficient (Wildman–Crippen LogP) is 4.29. The van der Waals surface area contributed by atoms with Crippen molar-refractivity contribution in [2.75, 3.05) is 18.5 Å². The smallest absolute Gasteiger partial charge is 0.259 e. The lowest BCUT2D eigenvalue weighted by Crippen LogP contribution is -2.19. The van der Waals surface area contributed by atoms with E-state index in [1.807, 2.05) is 0 Å². The Morgan fingerprint density at radius 2 is 2.17 bits per heavy atom. The fraction of sp³-hybridized carbons (Fsp3) is 0.278. The summed E-state index contributed by atoms with van der Waals surface area (Å²) in [6.07, 6.45) is 2.02. The fourth-order valence-electron chi connectivity index (χ4n) is 2.52. The zero-order valence-corrected chi connectivity index (χ0v) is 13.7. The van der Waals surface area contributed by atoms with Gasteiger partial charge in [0, 0.05) is 11.6 Å². The number of halogens is 2. The van der Waals surface area contributed by atoms with Crippen LogP contribution in [0.25, 0.3) is 0 Å². The lowest BCUT2D eigenvalue weighted by Gasteiger charge is -2.14. The summed E-state index contributed by atoms with van der Waals surface area (Å²) in [5, 5.41) is 2.81. The summed E-state index contributed by atoms with van der Waals surface area (Å²) in [5.74, 6) is -0.590. The first-order chi connectivity index (χ1) is 11.6. The van der Waals surface area contributed by atoms with Gasteiger partial charge in [-0.15, -0.1) is 0 Å². The van der Waals surface area contributed by atoms with Gasteiger partial charge in [-0.25, -0.2) is 4.39 Å². The van der Waals surface area contributed by atoms with Crippen LogP contribution >= 0.6 is 11.6 Å². The van der Waals surface area contributed by atoms with Crippen molar-refractivity contribution < 1.29 is 18.7 Å². The molecule has 4 nitrogen and oxygen atoms in total. The van der Waals surface area contributed by atoms with Crippen molar-refractivity contribution in [3.63, 3.8) is 0 Å². The summed E-state index contributed by atoms with van der Waals surface area (Å²) in [6.45, 7) is 1.13. The van der Waals surface area contributed by atoms with Crippen molar-refractivity contribution in [3.05, 3.63) is 58.9 Å². The van der Waals surface area contributed by atoms with Gasteiger partial charge in [-0.1, -0.05) is 23.7 Å². The van der Waals surface area contributed by atoms with Gasteiger partial charge < -0.3 is 14.8 Å². The molecule has 0 aromatic heterocycles. The van der Waals surface area contributed by atoms with Crippen LogP contribution in [-0.2, 0) is 4.74 Å². The van der Waals surface area contributed by atoms with E-state index >= 15 is 0 Å². The average molecular weight is 350 g/mol. The standard InChI is InChI=1S/C18H17ClFNO3/c19-12-7-8-16(15(20)10-12)21-18(22)14-5-1-2-6-17(14)24-11-13-4-3-9-23-13/h1-2,5-8,10,13H,3-4,9,11H2,(H,21,22)/t13-/m0/s1. The lowest BCUT2D eigenvalue weighted by molar-refractivity contribution is 0.0673. The molecular formula is C18H17ClFNO3. The number of hydrogen-bond acceptors (Lipinski definition) is 3. The molecule has 0 radical (unpaired) electrons.